The van der Waals surface area contributed by atoms with Crippen LogP contribution in [-0.4, -0.2) is 247 Å². The van der Waals surface area contributed by atoms with E-state index >= 15 is 0 Å². The number of sulfonamides is 5. The van der Waals surface area contributed by atoms with Gasteiger partial charge >= 0.3 is 0 Å². The molecular weight excluding hydrogens is 1930 g/mol. The van der Waals surface area contributed by atoms with E-state index in [9.17, 15) is 52.3 Å². The highest BCUT2D eigenvalue weighted by Crippen LogP contribution is 2.42. The fourth-order valence-electron chi connectivity index (χ4n) is 18.3. The summed E-state index contributed by atoms with van der Waals surface area (Å²) >= 11 is 0. The van der Waals surface area contributed by atoms with Gasteiger partial charge in [-0.1, -0.05) is 209 Å². The van der Waals surface area contributed by atoms with Crippen molar-refractivity contribution in [2.24, 2.45) is 49.4 Å². The molecule has 4 fully saturated rings. The van der Waals surface area contributed by atoms with E-state index in [1.807, 2.05) is 127 Å². The van der Waals surface area contributed by atoms with Crippen LogP contribution in [0.4, 0.5) is 0 Å². The van der Waals surface area contributed by atoms with Crippen molar-refractivity contribution in [3.05, 3.63) is 240 Å². The first-order valence-electron chi connectivity index (χ1n) is 46.5. The van der Waals surface area contributed by atoms with Crippen LogP contribution in [0, 0.1) is 23.7 Å². The largest absolute Gasteiger partial charge is 0.396 e. The van der Waals surface area contributed by atoms with Gasteiger partial charge in [-0.05, 0) is 248 Å². The van der Waals surface area contributed by atoms with E-state index in [1.54, 1.807) is 30.3 Å². The average molecular weight is 2040 g/mol. The van der Waals surface area contributed by atoms with Gasteiger partial charge in [-0.15, -0.1) is 51.0 Å². The van der Waals surface area contributed by atoms with E-state index in [0.717, 1.165) is 167 Å². The Morgan fingerprint density at radius 3 is 0.776 bits per heavy atom. The molecule has 42 nitrogen and oxygen atoms in total. The summed E-state index contributed by atoms with van der Waals surface area (Å²) in [5, 5.41) is 118. The quantitative estimate of drug-likeness (QED) is 0.0180. The molecule has 4 aliphatic heterocycles. The molecule has 18 N–H and O–H groups in total. The maximum Gasteiger partial charge on any atom is 0.238 e. The first kappa shape index (κ1) is 104. The Bertz CT molecular complexity index is 6940. The Hall–Kier alpha value is -13.2. The van der Waals surface area contributed by atoms with Crippen LogP contribution in [0.3, 0.4) is 0 Å². The molecule has 143 heavy (non-hydrogen) atoms. The van der Waals surface area contributed by atoms with Crippen LogP contribution in [0.15, 0.2) is 237 Å². The van der Waals surface area contributed by atoms with Crippen LogP contribution in [0.1, 0.15) is 100.0 Å². The third kappa shape index (κ3) is 27.0. The maximum atomic E-state index is 12.1. The molecule has 4 aliphatic rings. The van der Waals surface area contributed by atoms with Crippen molar-refractivity contribution in [3.63, 3.8) is 0 Å². The first-order chi connectivity index (χ1) is 68.8. The van der Waals surface area contributed by atoms with Gasteiger partial charge in [0.25, 0.3) is 0 Å². The summed E-state index contributed by atoms with van der Waals surface area (Å²) < 4.78 is 121. The van der Waals surface area contributed by atoms with Gasteiger partial charge < -0.3 is 15.5 Å². The summed E-state index contributed by atoms with van der Waals surface area (Å²) in [4.78, 5) is 9.44. The van der Waals surface area contributed by atoms with Crippen molar-refractivity contribution >= 4 is 50.1 Å². The molecule has 3 atom stereocenters. The normalized spacial score (nSPS) is 16.2. The molecule has 0 amide bonds. The topological polar surface area (TPSA) is 639 Å². The number of piperidine rings is 1. The monoisotopic (exact) mass is 2040 g/mol. The van der Waals surface area contributed by atoms with Crippen molar-refractivity contribution in [2.45, 2.75) is 129 Å². The molecule has 1 unspecified atom stereocenters. The number of nitrogens with zero attached hydrogens (tertiary/aromatic N) is 19. The Labute approximate surface area is 828 Å². The lowest BCUT2D eigenvalue weighted by molar-refractivity contribution is 0.185. The van der Waals surface area contributed by atoms with E-state index in [-0.39, 0.29) is 66.8 Å². The number of aromatic nitrogens is 20. The number of aliphatic hydroxyl groups is 2. The molecule has 750 valence electrons. The number of rotatable bonds is 31. The van der Waals surface area contributed by atoms with Gasteiger partial charge in [0.2, 0.25) is 79.2 Å². The zero-order chi connectivity index (χ0) is 101. The Kier molecular flexibility index (Phi) is 34.5. The minimum Gasteiger partial charge on any atom is -0.396 e. The van der Waals surface area contributed by atoms with Crippen LogP contribution in [0.2, 0.25) is 0 Å². The molecular formula is C96H114N30O12S5. The van der Waals surface area contributed by atoms with Gasteiger partial charge in [0.05, 0.1) is 52.3 Å². The number of tetrazole rings is 5. The van der Waals surface area contributed by atoms with Gasteiger partial charge in [0, 0.05) is 65.6 Å². The van der Waals surface area contributed by atoms with Crippen LogP contribution in [-0.2, 0) is 82.8 Å². The summed E-state index contributed by atoms with van der Waals surface area (Å²) in [6, 6.07) is 64.7. The molecule has 47 heteroatoms. The molecule has 0 aliphatic carbocycles. The van der Waals surface area contributed by atoms with Crippen LogP contribution < -0.4 is 31.0 Å². The van der Waals surface area contributed by atoms with Crippen molar-refractivity contribution in [1.82, 2.24) is 128 Å². The Balaban J connectivity index is 0.000000135. The second kappa shape index (κ2) is 47.4. The van der Waals surface area contributed by atoms with E-state index in [4.69, 9.17) is 25.7 Å². The molecule has 4 saturated heterocycles. The fraction of sp³-hybridized carbons (Fsp3) is 0.323. The summed E-state index contributed by atoms with van der Waals surface area (Å²) in [6.45, 7) is 20.7. The molecule has 0 spiro atoms. The highest BCUT2D eigenvalue weighted by molar-refractivity contribution is 7.90. The van der Waals surface area contributed by atoms with Crippen LogP contribution in [0.5, 0.6) is 0 Å². The standard InChI is InChI=1S/C21H26N6O2S.C20H24N6O2S.2C19H22N6O3S.C17H20N6O2S/c1-2-4-15-11-12-27(13-15)14-16-7-9-17(10-8-16)18-5-3-6-19(30(22,28)29)20(18)21-23-25-26-24-21;1-14-9-11-26(12-10-14)13-15-5-7-16(8-6-15)17-3-2-4-18(29(21,27)28)19(17)20-22-24-25-23-20;2*20-29(27,28)17-3-1-2-16(18(17)19-21-23-24-22-19)15-6-4-13(5-7-15)10-25-9-8-14(11-25)12-26;1-2-10-19-11-12-6-8-13(9-7-12)14-4-3-5-15(26(18,24)25)16(14)17-20-22-23-21-17/h3,5-10,15H,2,4,11-14H2,1H3,(H2,22,28,29)(H,23,24,25,26);2-8,14H,9-13H2,1H3,(H2,21,27,28)(H,22,23,24,25);2*1-7,14,26H,8-12H2,(H2,20,27,28)(H,21,22,23,24);3-9,19H,2,10-11H2,1H3,(H2,18,24,25)(H,20,21,22,23)/t;;2*14-;/m..10./s1. The SMILES string of the molecule is CC1CCN(Cc2ccc(-c3cccc(S(N)(=O)=O)c3-c3nn[nH]n3)cc2)CC1.CCCC1CCN(Cc2ccc(-c3cccc(S(N)(=O)=O)c3-c3nn[nH]n3)cc2)C1.CCCNCc1ccc(-c2cccc(S(N)(=O)=O)c2-c2nn[nH]n2)cc1.NS(=O)(=O)c1cccc(-c2ccc(CN3CC[C@@H](CO)C3)cc2)c1-c1nn[nH]n1.NS(=O)(=O)c1cccc(-c2ccc(CN3CC[C@H](CO)C3)cc2)c1-c1nn[nH]n1. The van der Waals surface area contributed by atoms with Gasteiger partial charge in [0.15, 0.2) is 0 Å². The second-order valence-corrected chi connectivity index (χ2v) is 43.4. The molecule has 5 aromatic heterocycles. The van der Waals surface area contributed by atoms with Gasteiger partial charge in [0.1, 0.15) is 0 Å². The number of H-pyrrole nitrogens is 5. The van der Waals surface area contributed by atoms with E-state index in [2.05, 4.69) is 173 Å². The minimum atomic E-state index is -3.97. The highest BCUT2D eigenvalue weighted by Gasteiger charge is 2.32. The van der Waals surface area contributed by atoms with Crippen molar-refractivity contribution < 1.29 is 52.3 Å². The second-order valence-electron chi connectivity index (χ2n) is 35.7. The van der Waals surface area contributed by atoms with Gasteiger partial charge in [-0.2, -0.15) is 26.1 Å². The Morgan fingerprint density at radius 1 is 0.315 bits per heavy atom. The van der Waals surface area contributed by atoms with Crippen LogP contribution in [0.25, 0.3) is 113 Å². The summed E-state index contributed by atoms with van der Waals surface area (Å²) in [5.41, 5.74) is 15.2. The molecule has 0 radical (unpaired) electrons. The third-order valence-corrected chi connectivity index (χ3v) is 30.2. The Morgan fingerprint density at radius 2 is 0.552 bits per heavy atom. The van der Waals surface area contributed by atoms with Crippen molar-refractivity contribution in [3.8, 4) is 113 Å². The lowest BCUT2D eigenvalue weighted by Crippen LogP contribution is -2.32. The summed E-state index contributed by atoms with van der Waals surface area (Å²) in [5.74, 6) is 3.23. The molecule has 15 aromatic rings. The lowest BCUT2D eigenvalue weighted by atomic mass is 9.97. The first-order valence-corrected chi connectivity index (χ1v) is 54.3. The van der Waals surface area contributed by atoms with E-state index in [1.165, 1.54) is 73.6 Å². The van der Waals surface area contributed by atoms with E-state index in [0.29, 0.717) is 67.5 Å². The zero-order valence-electron chi connectivity index (χ0n) is 78.9. The minimum absolute atomic E-state index is 0.0236. The average Bonchev–Trinajstić information content (AvgIpc) is 1.78. The zero-order valence-corrected chi connectivity index (χ0v) is 83.0. The number of nitrogens with two attached hydrogens (primary N) is 5. The number of hydrogen-bond donors (Lipinski definition) is 13. The van der Waals surface area contributed by atoms with Crippen molar-refractivity contribution in [2.75, 3.05) is 72.1 Å². The predicted molar refractivity (Wildman–Crippen MR) is 537 cm³/mol. The summed E-state index contributed by atoms with van der Waals surface area (Å²) in [6.07, 6.45) is 9.42. The smallest absolute Gasteiger partial charge is 0.238 e. The van der Waals surface area contributed by atoms with Gasteiger partial charge in [-0.25, -0.2) is 67.8 Å². The number of benzene rings is 10. The predicted octanol–water partition coefficient (Wildman–Crippen LogP) is 8.89. The van der Waals surface area contributed by atoms with Crippen LogP contribution >= 0.6 is 0 Å². The number of aliphatic hydroxyl groups excluding tert-OH is 2. The van der Waals surface area contributed by atoms with E-state index < -0.39 is 50.1 Å². The number of likely N-dealkylation sites (tertiary alicyclic amines) is 4. The molecule has 0 bridgehead atoms. The van der Waals surface area contributed by atoms with Gasteiger partial charge in [-0.3, -0.25) is 19.6 Å². The number of nitrogens with one attached hydrogen (secondary N) is 6. The number of hydrogen-bond acceptors (Lipinski definition) is 32. The lowest BCUT2D eigenvalue weighted by Gasteiger charge is -2.30. The molecule has 0 saturated carbocycles. The third-order valence-electron chi connectivity index (χ3n) is 25.4. The molecule has 10 aromatic carbocycles. The number of primary sulfonamides is 5. The number of aromatic amines is 5. The molecule has 19 rings (SSSR count). The molecule has 9 heterocycles. The maximum absolute atomic E-state index is 12.1. The van der Waals surface area contributed by atoms with Crippen molar-refractivity contribution in [1.29, 1.82) is 0 Å². The fourth-order valence-corrected chi connectivity index (χ4v) is 22.0. The summed E-state index contributed by atoms with van der Waals surface area (Å²) in [7, 11) is -19.8. The highest BCUT2D eigenvalue weighted by atomic mass is 32.2.